The Morgan fingerprint density at radius 1 is 1.08 bits per heavy atom. The third-order valence-electron chi connectivity index (χ3n) is 3.97. The largest absolute Gasteiger partial charge is 0.363 e. The lowest BCUT2D eigenvalue weighted by atomic mass is 10.2. The van der Waals surface area contributed by atoms with Gasteiger partial charge in [-0.25, -0.2) is 4.98 Å². The van der Waals surface area contributed by atoms with Crippen LogP contribution in [0.5, 0.6) is 0 Å². The molecule has 0 aliphatic rings. The van der Waals surface area contributed by atoms with Gasteiger partial charge in [0.15, 0.2) is 0 Å². The zero-order chi connectivity index (χ0) is 17.8. The minimum atomic E-state index is -0.181. The normalized spacial score (nSPS) is 10.8. The Labute approximate surface area is 149 Å². The second-order valence-corrected chi connectivity index (χ2v) is 5.81. The molecule has 0 unspecified atom stereocenters. The van der Waals surface area contributed by atoms with Gasteiger partial charge in [0.1, 0.15) is 18.5 Å². The molecule has 2 aromatic heterocycles. The Morgan fingerprint density at radius 2 is 1.88 bits per heavy atom. The molecule has 1 amide bonds. The molecule has 2 heterocycles. The molecule has 0 bridgehead atoms. The van der Waals surface area contributed by atoms with Crippen molar-refractivity contribution in [1.82, 2.24) is 14.7 Å². The Hall–Kier alpha value is -3.61. The number of carbonyl (C=O) groups excluding carboxylic acids is 1. The molecule has 4 rings (SSSR count). The van der Waals surface area contributed by atoms with Gasteiger partial charge in [-0.2, -0.15) is 0 Å². The first-order valence-corrected chi connectivity index (χ1v) is 8.22. The summed E-state index contributed by atoms with van der Waals surface area (Å²) in [7, 11) is 0. The number of anilines is 2. The maximum absolute atomic E-state index is 12.4. The number of amides is 1. The van der Waals surface area contributed by atoms with Gasteiger partial charge >= 0.3 is 0 Å². The molecule has 4 aromatic rings. The van der Waals surface area contributed by atoms with E-state index in [1.807, 2.05) is 59.2 Å². The molecule has 7 heteroatoms. The first-order chi connectivity index (χ1) is 12.8. The van der Waals surface area contributed by atoms with Crippen molar-refractivity contribution in [3.63, 3.8) is 0 Å². The van der Waals surface area contributed by atoms with Crippen LogP contribution in [-0.2, 0) is 17.9 Å². The third-order valence-corrected chi connectivity index (χ3v) is 3.97. The highest BCUT2D eigenvalue weighted by atomic mass is 16.5. The van der Waals surface area contributed by atoms with Gasteiger partial charge in [-0.15, -0.1) is 0 Å². The van der Waals surface area contributed by atoms with Crippen molar-refractivity contribution < 1.29 is 9.32 Å². The lowest BCUT2D eigenvalue weighted by molar-refractivity contribution is -0.116. The third kappa shape index (κ3) is 3.41. The number of carbonyl (C=O) groups is 1. The van der Waals surface area contributed by atoms with Gasteiger partial charge < -0.3 is 19.7 Å². The summed E-state index contributed by atoms with van der Waals surface area (Å²) in [4.78, 5) is 17.0. The van der Waals surface area contributed by atoms with Crippen LogP contribution >= 0.6 is 0 Å². The van der Waals surface area contributed by atoms with Crippen molar-refractivity contribution in [1.29, 1.82) is 0 Å². The van der Waals surface area contributed by atoms with E-state index >= 15 is 0 Å². The van der Waals surface area contributed by atoms with Crippen LogP contribution in [-0.4, -0.2) is 20.6 Å². The highest BCUT2D eigenvalue weighted by Crippen LogP contribution is 2.20. The fourth-order valence-corrected chi connectivity index (χ4v) is 2.76. The van der Waals surface area contributed by atoms with Crippen molar-refractivity contribution in [2.45, 2.75) is 13.1 Å². The van der Waals surface area contributed by atoms with E-state index in [1.165, 1.54) is 12.5 Å². The SMILES string of the molecule is O=C(Cn1c(NCc2ccccc2)nc2ccccc21)Nc1cnoc1. The van der Waals surface area contributed by atoms with Crippen LogP contribution in [0.1, 0.15) is 5.56 Å². The van der Waals surface area contributed by atoms with Crippen LogP contribution in [0.2, 0.25) is 0 Å². The topological polar surface area (TPSA) is 85.0 Å². The smallest absolute Gasteiger partial charge is 0.244 e. The predicted octanol–water partition coefficient (Wildman–Crippen LogP) is 3.28. The van der Waals surface area contributed by atoms with E-state index in [0.29, 0.717) is 18.2 Å². The molecule has 130 valence electrons. The van der Waals surface area contributed by atoms with Crippen LogP contribution in [0.25, 0.3) is 11.0 Å². The van der Waals surface area contributed by atoms with Crippen LogP contribution in [0.3, 0.4) is 0 Å². The summed E-state index contributed by atoms with van der Waals surface area (Å²) in [6.07, 6.45) is 2.84. The first kappa shape index (κ1) is 15.9. The minimum absolute atomic E-state index is 0.128. The molecule has 2 N–H and O–H groups in total. The zero-order valence-electron chi connectivity index (χ0n) is 13.9. The number of fused-ring (bicyclic) bond motifs is 1. The van der Waals surface area contributed by atoms with Crippen LogP contribution < -0.4 is 10.6 Å². The van der Waals surface area contributed by atoms with Crippen molar-refractivity contribution >= 4 is 28.6 Å². The van der Waals surface area contributed by atoms with Gasteiger partial charge in [0, 0.05) is 6.54 Å². The highest BCUT2D eigenvalue weighted by Gasteiger charge is 2.14. The Balaban J connectivity index is 1.58. The predicted molar refractivity (Wildman–Crippen MR) is 98.6 cm³/mol. The van der Waals surface area contributed by atoms with Gasteiger partial charge in [0.2, 0.25) is 11.9 Å². The number of rotatable bonds is 6. The molecule has 0 saturated carbocycles. The molecule has 7 nitrogen and oxygen atoms in total. The van der Waals surface area contributed by atoms with E-state index < -0.39 is 0 Å². The summed E-state index contributed by atoms with van der Waals surface area (Å²) in [5.74, 6) is 0.467. The average molecular weight is 347 g/mol. The fourth-order valence-electron chi connectivity index (χ4n) is 2.76. The van der Waals surface area contributed by atoms with Gasteiger partial charge in [-0.3, -0.25) is 4.79 Å². The molecule has 0 radical (unpaired) electrons. The Morgan fingerprint density at radius 3 is 2.69 bits per heavy atom. The monoisotopic (exact) mass is 347 g/mol. The van der Waals surface area contributed by atoms with E-state index in [-0.39, 0.29) is 12.5 Å². The average Bonchev–Trinajstić information content (AvgIpc) is 3.29. The minimum Gasteiger partial charge on any atom is -0.363 e. The van der Waals surface area contributed by atoms with Crippen LogP contribution in [0, 0.1) is 0 Å². The molecule has 26 heavy (non-hydrogen) atoms. The number of imidazole rings is 1. The zero-order valence-corrected chi connectivity index (χ0v) is 13.9. The summed E-state index contributed by atoms with van der Waals surface area (Å²) in [5.41, 5.74) is 3.39. The number of hydrogen-bond acceptors (Lipinski definition) is 5. The molecule has 0 spiro atoms. The van der Waals surface area contributed by atoms with Crippen LogP contribution in [0.4, 0.5) is 11.6 Å². The lowest BCUT2D eigenvalue weighted by Crippen LogP contribution is -2.20. The van der Waals surface area contributed by atoms with E-state index in [4.69, 9.17) is 4.52 Å². The molecule has 0 aliphatic heterocycles. The molecule has 0 atom stereocenters. The van der Waals surface area contributed by atoms with Gasteiger partial charge in [-0.05, 0) is 17.7 Å². The van der Waals surface area contributed by atoms with Gasteiger partial charge in [0.25, 0.3) is 0 Å². The summed E-state index contributed by atoms with van der Waals surface area (Å²) in [5, 5.41) is 9.66. The van der Waals surface area contributed by atoms with E-state index in [9.17, 15) is 4.79 Å². The summed E-state index contributed by atoms with van der Waals surface area (Å²) >= 11 is 0. The number of benzene rings is 2. The number of para-hydroxylation sites is 2. The van der Waals surface area contributed by atoms with Gasteiger partial charge in [-0.1, -0.05) is 47.6 Å². The second-order valence-electron chi connectivity index (χ2n) is 5.81. The molecular weight excluding hydrogens is 330 g/mol. The fraction of sp³-hybridized carbons (Fsp3) is 0.105. The quantitative estimate of drug-likeness (QED) is 0.559. The first-order valence-electron chi connectivity index (χ1n) is 8.22. The van der Waals surface area contributed by atoms with Crippen molar-refractivity contribution in [3.8, 4) is 0 Å². The number of nitrogens with one attached hydrogen (secondary N) is 2. The van der Waals surface area contributed by atoms with Crippen molar-refractivity contribution in [2.75, 3.05) is 10.6 Å². The maximum Gasteiger partial charge on any atom is 0.244 e. The summed E-state index contributed by atoms with van der Waals surface area (Å²) < 4.78 is 6.60. The van der Waals surface area contributed by atoms with E-state index in [0.717, 1.165) is 16.6 Å². The van der Waals surface area contributed by atoms with E-state index in [1.54, 1.807) is 0 Å². The number of aromatic nitrogens is 3. The maximum atomic E-state index is 12.4. The number of hydrogen-bond donors (Lipinski definition) is 2. The molecule has 2 aromatic carbocycles. The molecule has 0 fully saturated rings. The lowest BCUT2D eigenvalue weighted by Gasteiger charge is -2.10. The van der Waals surface area contributed by atoms with Crippen molar-refractivity contribution in [3.05, 3.63) is 72.6 Å². The Bertz CT molecular complexity index is 1010. The van der Waals surface area contributed by atoms with E-state index in [2.05, 4.69) is 20.8 Å². The van der Waals surface area contributed by atoms with Crippen molar-refractivity contribution in [2.24, 2.45) is 0 Å². The highest BCUT2D eigenvalue weighted by molar-refractivity contribution is 5.92. The standard InChI is InChI=1S/C19H17N5O2/c25-18(22-15-11-21-26-13-15)12-24-17-9-5-4-8-16(17)23-19(24)20-10-14-6-2-1-3-7-14/h1-9,11,13H,10,12H2,(H,20,23)(H,22,25). The van der Waals surface area contributed by atoms with Gasteiger partial charge in [0.05, 0.1) is 17.2 Å². The molecule has 0 saturated heterocycles. The molecule has 0 aliphatic carbocycles. The Kier molecular flexibility index (Phi) is 4.34. The number of nitrogens with zero attached hydrogens (tertiary/aromatic N) is 3. The molecular formula is C19H17N5O2. The summed E-state index contributed by atoms with van der Waals surface area (Å²) in [6, 6.07) is 17.8. The summed E-state index contributed by atoms with van der Waals surface area (Å²) in [6.45, 7) is 0.750. The van der Waals surface area contributed by atoms with Crippen LogP contribution in [0.15, 0.2) is 71.6 Å². The second kappa shape index (κ2) is 7.10.